The van der Waals surface area contributed by atoms with Crippen molar-refractivity contribution in [1.82, 2.24) is 10.2 Å². The summed E-state index contributed by atoms with van der Waals surface area (Å²) < 4.78 is 5.41. The Morgan fingerprint density at radius 3 is 2.96 bits per heavy atom. The first-order valence-electron chi connectivity index (χ1n) is 8.27. The Balaban J connectivity index is 1.76. The van der Waals surface area contributed by atoms with E-state index in [1.165, 1.54) is 0 Å². The van der Waals surface area contributed by atoms with E-state index in [1.54, 1.807) is 23.8 Å². The number of carbonyl (C=O) groups excluding carboxylic acids is 2. The molecule has 0 aromatic heterocycles. The summed E-state index contributed by atoms with van der Waals surface area (Å²) in [5, 5.41) is 3.06. The number of aryl methyl sites for hydroxylation is 1. The van der Waals surface area contributed by atoms with Crippen molar-refractivity contribution in [2.24, 2.45) is 0 Å². The SMILES string of the molecule is COc1ccc(C)cc1C(C)NC(=O)C1CSC2(C)CCC(=O)N12. The van der Waals surface area contributed by atoms with Gasteiger partial charge in [0.1, 0.15) is 11.8 Å². The highest BCUT2D eigenvalue weighted by Crippen LogP contribution is 2.47. The number of amides is 2. The largest absolute Gasteiger partial charge is 0.496 e. The molecule has 0 spiro atoms. The third-order valence-corrected chi connectivity index (χ3v) is 6.46. The highest BCUT2D eigenvalue weighted by Gasteiger charge is 2.52. The maximum Gasteiger partial charge on any atom is 0.244 e. The molecule has 0 radical (unpaired) electrons. The third kappa shape index (κ3) is 2.88. The summed E-state index contributed by atoms with van der Waals surface area (Å²) in [5.41, 5.74) is 2.07. The molecule has 2 amide bonds. The number of thioether (sulfide) groups is 1. The molecule has 0 aliphatic carbocycles. The summed E-state index contributed by atoms with van der Waals surface area (Å²) in [6, 6.07) is 5.37. The molecule has 24 heavy (non-hydrogen) atoms. The number of fused-ring (bicyclic) bond motifs is 1. The minimum atomic E-state index is -0.381. The second-order valence-corrected chi connectivity index (χ2v) is 8.24. The molecular weight excluding hydrogens is 324 g/mol. The molecule has 0 bridgehead atoms. The van der Waals surface area contributed by atoms with Gasteiger partial charge in [0, 0.05) is 17.7 Å². The van der Waals surface area contributed by atoms with Crippen LogP contribution in [-0.4, -0.2) is 40.5 Å². The average Bonchev–Trinajstić information content (AvgIpc) is 3.04. The van der Waals surface area contributed by atoms with E-state index >= 15 is 0 Å². The number of methoxy groups -OCH3 is 1. The normalized spacial score (nSPS) is 27.1. The van der Waals surface area contributed by atoms with E-state index in [2.05, 4.69) is 12.2 Å². The zero-order valence-corrected chi connectivity index (χ0v) is 15.4. The van der Waals surface area contributed by atoms with Crippen LogP contribution in [0.25, 0.3) is 0 Å². The van der Waals surface area contributed by atoms with Gasteiger partial charge in [0.2, 0.25) is 11.8 Å². The molecule has 2 heterocycles. The molecule has 3 rings (SSSR count). The van der Waals surface area contributed by atoms with Gasteiger partial charge in [-0.15, -0.1) is 11.8 Å². The lowest BCUT2D eigenvalue weighted by molar-refractivity contribution is -0.138. The standard InChI is InChI=1S/C18H24N2O3S/c1-11-5-6-15(23-4)13(9-11)12(2)19-17(22)14-10-24-18(3)8-7-16(21)20(14)18/h5-6,9,12,14H,7-8,10H2,1-4H3,(H,19,22). The Morgan fingerprint density at radius 1 is 1.50 bits per heavy atom. The molecule has 0 saturated carbocycles. The first-order chi connectivity index (χ1) is 11.4. The summed E-state index contributed by atoms with van der Waals surface area (Å²) in [7, 11) is 1.63. The predicted molar refractivity (Wildman–Crippen MR) is 95.0 cm³/mol. The van der Waals surface area contributed by atoms with E-state index in [9.17, 15) is 9.59 Å². The van der Waals surface area contributed by atoms with Crippen molar-refractivity contribution in [3.8, 4) is 5.75 Å². The Bertz CT molecular complexity index is 678. The summed E-state index contributed by atoms with van der Waals surface area (Å²) in [6.07, 6.45) is 1.36. The summed E-state index contributed by atoms with van der Waals surface area (Å²) in [6.45, 7) is 6.02. The first-order valence-corrected chi connectivity index (χ1v) is 9.25. The van der Waals surface area contributed by atoms with E-state index in [0.717, 1.165) is 23.3 Å². The Labute approximate surface area is 147 Å². The first kappa shape index (κ1) is 17.1. The summed E-state index contributed by atoms with van der Waals surface area (Å²) >= 11 is 1.71. The zero-order valence-electron chi connectivity index (χ0n) is 14.6. The van der Waals surface area contributed by atoms with Crippen LogP contribution in [0.15, 0.2) is 18.2 Å². The van der Waals surface area contributed by atoms with Gasteiger partial charge in [-0.1, -0.05) is 17.7 Å². The highest BCUT2D eigenvalue weighted by molar-refractivity contribution is 8.01. The molecule has 6 heteroatoms. The van der Waals surface area contributed by atoms with Crippen LogP contribution in [0.1, 0.15) is 43.9 Å². The summed E-state index contributed by atoms with van der Waals surface area (Å²) in [4.78, 5) is 26.5. The number of ether oxygens (including phenoxy) is 1. The minimum absolute atomic E-state index is 0.0856. The molecule has 3 atom stereocenters. The van der Waals surface area contributed by atoms with Gasteiger partial charge in [-0.05, 0) is 33.3 Å². The van der Waals surface area contributed by atoms with Crippen molar-refractivity contribution in [3.05, 3.63) is 29.3 Å². The fourth-order valence-corrected chi connectivity index (χ4v) is 5.03. The molecule has 1 N–H and O–H groups in total. The van der Waals surface area contributed by atoms with E-state index in [-0.39, 0.29) is 28.8 Å². The van der Waals surface area contributed by atoms with Crippen LogP contribution in [0.4, 0.5) is 0 Å². The number of hydrogen-bond acceptors (Lipinski definition) is 4. The Morgan fingerprint density at radius 2 is 2.25 bits per heavy atom. The molecule has 1 aromatic rings. The number of nitrogens with zero attached hydrogens (tertiary/aromatic N) is 1. The van der Waals surface area contributed by atoms with Gasteiger partial charge in [-0.2, -0.15) is 0 Å². The zero-order chi connectivity index (χ0) is 17.5. The Kier molecular flexibility index (Phi) is 4.51. The molecule has 3 unspecified atom stereocenters. The molecule has 2 saturated heterocycles. The van der Waals surface area contributed by atoms with Gasteiger partial charge in [0.15, 0.2) is 0 Å². The minimum Gasteiger partial charge on any atom is -0.496 e. The van der Waals surface area contributed by atoms with E-state index in [1.807, 2.05) is 32.0 Å². The lowest BCUT2D eigenvalue weighted by Gasteiger charge is -2.30. The van der Waals surface area contributed by atoms with E-state index in [0.29, 0.717) is 12.2 Å². The van der Waals surface area contributed by atoms with Gasteiger partial charge in [-0.3, -0.25) is 9.59 Å². The van der Waals surface area contributed by atoms with E-state index in [4.69, 9.17) is 4.74 Å². The molecule has 2 aliphatic heterocycles. The molecule has 2 aliphatic rings. The average molecular weight is 348 g/mol. The van der Waals surface area contributed by atoms with E-state index < -0.39 is 0 Å². The Hall–Kier alpha value is -1.69. The predicted octanol–water partition coefficient (Wildman–Crippen LogP) is 2.63. The quantitative estimate of drug-likeness (QED) is 0.909. The number of hydrogen-bond donors (Lipinski definition) is 1. The fraction of sp³-hybridized carbons (Fsp3) is 0.556. The van der Waals surface area contributed by atoms with Crippen molar-refractivity contribution in [3.63, 3.8) is 0 Å². The van der Waals surface area contributed by atoms with Gasteiger partial charge in [-0.25, -0.2) is 0 Å². The topological polar surface area (TPSA) is 58.6 Å². The van der Waals surface area contributed by atoms with Crippen molar-refractivity contribution >= 4 is 23.6 Å². The van der Waals surface area contributed by atoms with Crippen LogP contribution in [0.2, 0.25) is 0 Å². The fourth-order valence-electron chi connectivity index (χ4n) is 3.59. The van der Waals surface area contributed by atoms with Crippen LogP contribution in [0.3, 0.4) is 0 Å². The molecule has 5 nitrogen and oxygen atoms in total. The second kappa shape index (κ2) is 6.31. The smallest absolute Gasteiger partial charge is 0.244 e. The molecule has 130 valence electrons. The number of carbonyl (C=O) groups is 2. The van der Waals surface area contributed by atoms with Crippen LogP contribution < -0.4 is 10.1 Å². The molecule has 2 fully saturated rings. The number of rotatable bonds is 4. The maximum atomic E-state index is 12.8. The number of benzene rings is 1. The molecular formula is C18H24N2O3S. The number of nitrogens with one attached hydrogen (secondary N) is 1. The van der Waals surface area contributed by atoms with Gasteiger partial charge < -0.3 is 15.0 Å². The highest BCUT2D eigenvalue weighted by atomic mass is 32.2. The lowest BCUT2D eigenvalue weighted by atomic mass is 10.0. The van der Waals surface area contributed by atoms with Crippen LogP contribution in [0.5, 0.6) is 5.75 Å². The van der Waals surface area contributed by atoms with Gasteiger partial charge in [0.05, 0.1) is 18.0 Å². The van der Waals surface area contributed by atoms with Crippen molar-refractivity contribution < 1.29 is 14.3 Å². The van der Waals surface area contributed by atoms with Crippen LogP contribution >= 0.6 is 11.8 Å². The summed E-state index contributed by atoms with van der Waals surface area (Å²) in [5.74, 6) is 1.42. The third-order valence-electron chi connectivity index (χ3n) is 4.96. The second-order valence-electron chi connectivity index (χ2n) is 6.74. The van der Waals surface area contributed by atoms with Gasteiger partial charge in [0.25, 0.3) is 0 Å². The molecule has 1 aromatic carbocycles. The van der Waals surface area contributed by atoms with Crippen LogP contribution in [-0.2, 0) is 9.59 Å². The lowest BCUT2D eigenvalue weighted by Crippen LogP contribution is -2.50. The van der Waals surface area contributed by atoms with Gasteiger partial charge >= 0.3 is 0 Å². The van der Waals surface area contributed by atoms with Crippen molar-refractivity contribution in [1.29, 1.82) is 0 Å². The monoisotopic (exact) mass is 348 g/mol. The maximum absolute atomic E-state index is 12.8. The van der Waals surface area contributed by atoms with Crippen LogP contribution in [0, 0.1) is 6.92 Å². The van der Waals surface area contributed by atoms with Crippen molar-refractivity contribution in [2.45, 2.75) is 50.6 Å². The van der Waals surface area contributed by atoms with Crippen molar-refractivity contribution in [2.75, 3.05) is 12.9 Å².